The van der Waals surface area contributed by atoms with Gasteiger partial charge in [0.1, 0.15) is 12.4 Å². The molecule has 5 heteroatoms. The van der Waals surface area contributed by atoms with E-state index in [1.807, 2.05) is 6.07 Å². The molecule has 2 rings (SSSR count). The summed E-state index contributed by atoms with van der Waals surface area (Å²) in [4.78, 5) is 0. The van der Waals surface area contributed by atoms with Gasteiger partial charge < -0.3 is 15.6 Å². The van der Waals surface area contributed by atoms with E-state index in [0.29, 0.717) is 23.6 Å². The third-order valence-electron chi connectivity index (χ3n) is 2.52. The van der Waals surface area contributed by atoms with Crippen molar-refractivity contribution in [2.75, 3.05) is 5.73 Å². The number of halogens is 1. The van der Waals surface area contributed by atoms with E-state index in [1.54, 1.807) is 36.4 Å². The number of nitrogens with two attached hydrogens (primary N) is 1. The van der Waals surface area contributed by atoms with Crippen LogP contribution in [0.25, 0.3) is 0 Å². The van der Waals surface area contributed by atoms with Crippen LogP contribution in [0.2, 0.25) is 0 Å². The van der Waals surface area contributed by atoms with E-state index < -0.39 is 0 Å². The quantitative estimate of drug-likeness (QED) is 0.647. The molecule has 0 atom stereocenters. The predicted molar refractivity (Wildman–Crippen MR) is 80.7 cm³/mol. The second kappa shape index (κ2) is 5.80. The monoisotopic (exact) mass is 366 g/mol. The van der Waals surface area contributed by atoms with Gasteiger partial charge in [0.05, 0.1) is 20.9 Å². The standard InChI is InChI=1S/C14H11IN2O2/c15-12-5-10(7-16)6-13(17)14(12)19-8-9-1-3-11(18)4-2-9/h1-6,18H,8,17H2. The Labute approximate surface area is 124 Å². The SMILES string of the molecule is N#Cc1cc(N)c(OCc2ccc(O)cc2)c(I)c1. The van der Waals surface area contributed by atoms with Crippen molar-refractivity contribution in [1.29, 1.82) is 5.26 Å². The summed E-state index contributed by atoms with van der Waals surface area (Å²) in [6.45, 7) is 0.354. The second-order valence-corrected chi connectivity index (χ2v) is 5.11. The lowest BCUT2D eigenvalue weighted by atomic mass is 10.2. The van der Waals surface area contributed by atoms with Gasteiger partial charge in [-0.3, -0.25) is 0 Å². The fourth-order valence-electron chi connectivity index (χ4n) is 1.58. The van der Waals surface area contributed by atoms with Gasteiger partial charge in [-0.2, -0.15) is 5.26 Å². The number of nitriles is 1. The summed E-state index contributed by atoms with van der Waals surface area (Å²) in [6, 6.07) is 12.1. The molecule has 4 nitrogen and oxygen atoms in total. The average molecular weight is 366 g/mol. The van der Waals surface area contributed by atoms with Crippen LogP contribution in [0.1, 0.15) is 11.1 Å². The molecule has 2 aromatic carbocycles. The number of phenolic OH excluding ortho intramolecular Hbond substituents is 1. The Kier molecular flexibility index (Phi) is 4.12. The summed E-state index contributed by atoms with van der Waals surface area (Å²) in [7, 11) is 0. The van der Waals surface area contributed by atoms with Crippen molar-refractivity contribution in [3.8, 4) is 17.6 Å². The lowest BCUT2D eigenvalue weighted by Crippen LogP contribution is -2.01. The van der Waals surface area contributed by atoms with E-state index in [-0.39, 0.29) is 5.75 Å². The zero-order chi connectivity index (χ0) is 13.8. The number of nitrogen functional groups attached to an aromatic ring is 1. The number of hydrogen-bond donors (Lipinski definition) is 2. The molecule has 0 bridgehead atoms. The van der Waals surface area contributed by atoms with Crippen molar-refractivity contribution in [2.24, 2.45) is 0 Å². The zero-order valence-corrected chi connectivity index (χ0v) is 12.1. The van der Waals surface area contributed by atoms with Crippen molar-refractivity contribution in [3.05, 3.63) is 51.1 Å². The van der Waals surface area contributed by atoms with Crippen LogP contribution < -0.4 is 10.5 Å². The molecule has 0 saturated heterocycles. The molecule has 0 aromatic heterocycles. The van der Waals surface area contributed by atoms with Gasteiger partial charge in [-0.25, -0.2) is 0 Å². The van der Waals surface area contributed by atoms with Crippen molar-refractivity contribution >= 4 is 28.3 Å². The Morgan fingerprint density at radius 3 is 2.53 bits per heavy atom. The van der Waals surface area contributed by atoms with Crippen LogP contribution in [0.5, 0.6) is 11.5 Å². The normalized spacial score (nSPS) is 9.89. The van der Waals surface area contributed by atoms with Crippen molar-refractivity contribution in [2.45, 2.75) is 6.61 Å². The van der Waals surface area contributed by atoms with E-state index >= 15 is 0 Å². The smallest absolute Gasteiger partial charge is 0.156 e. The molecule has 0 radical (unpaired) electrons. The molecule has 0 amide bonds. The first-order chi connectivity index (χ1) is 9.10. The summed E-state index contributed by atoms with van der Waals surface area (Å²) in [5, 5.41) is 18.0. The third-order valence-corrected chi connectivity index (χ3v) is 3.32. The van der Waals surface area contributed by atoms with Crippen LogP contribution in [0, 0.1) is 14.9 Å². The lowest BCUT2D eigenvalue weighted by molar-refractivity contribution is 0.305. The maximum Gasteiger partial charge on any atom is 0.156 e. The predicted octanol–water partition coefficient (Wildman–Crippen LogP) is 3.03. The third kappa shape index (κ3) is 3.29. The van der Waals surface area contributed by atoms with E-state index in [2.05, 4.69) is 22.6 Å². The van der Waals surface area contributed by atoms with Gasteiger partial charge >= 0.3 is 0 Å². The van der Waals surface area contributed by atoms with Crippen molar-refractivity contribution < 1.29 is 9.84 Å². The molecule has 0 aliphatic rings. The minimum atomic E-state index is 0.219. The summed E-state index contributed by atoms with van der Waals surface area (Å²) < 4.78 is 6.47. The fourth-order valence-corrected chi connectivity index (χ4v) is 2.38. The summed E-state index contributed by atoms with van der Waals surface area (Å²) in [6.07, 6.45) is 0. The number of ether oxygens (including phenoxy) is 1. The Bertz CT molecular complexity index is 610. The Morgan fingerprint density at radius 2 is 1.95 bits per heavy atom. The first-order valence-electron chi connectivity index (χ1n) is 5.50. The number of anilines is 1. The minimum Gasteiger partial charge on any atom is -0.508 e. The Morgan fingerprint density at radius 1 is 1.26 bits per heavy atom. The summed E-state index contributed by atoms with van der Waals surface area (Å²) in [5.74, 6) is 0.795. The minimum absolute atomic E-state index is 0.219. The van der Waals surface area contributed by atoms with Gasteiger partial charge in [0.25, 0.3) is 0 Å². The van der Waals surface area contributed by atoms with E-state index in [1.165, 1.54) is 0 Å². The zero-order valence-electron chi connectivity index (χ0n) is 9.93. The maximum atomic E-state index is 9.20. The van der Waals surface area contributed by atoms with Crippen molar-refractivity contribution in [3.63, 3.8) is 0 Å². The Hall–Kier alpha value is -1.94. The van der Waals surface area contributed by atoms with Gasteiger partial charge in [-0.1, -0.05) is 12.1 Å². The molecule has 2 aromatic rings. The number of hydrogen-bond acceptors (Lipinski definition) is 4. The number of nitrogens with zero attached hydrogens (tertiary/aromatic N) is 1. The largest absolute Gasteiger partial charge is 0.508 e. The molecular weight excluding hydrogens is 355 g/mol. The van der Waals surface area contributed by atoms with Crippen molar-refractivity contribution in [1.82, 2.24) is 0 Å². The molecule has 0 unspecified atom stereocenters. The molecule has 0 heterocycles. The summed E-state index contributed by atoms with van der Waals surface area (Å²) >= 11 is 2.09. The molecule has 0 aliphatic carbocycles. The van der Waals surface area contributed by atoms with Crippen LogP contribution in [0.3, 0.4) is 0 Å². The van der Waals surface area contributed by atoms with Gasteiger partial charge in [0.2, 0.25) is 0 Å². The van der Waals surface area contributed by atoms with Crippen LogP contribution in [-0.2, 0) is 6.61 Å². The number of rotatable bonds is 3. The highest BCUT2D eigenvalue weighted by Gasteiger charge is 2.08. The number of benzene rings is 2. The van der Waals surface area contributed by atoms with Crippen LogP contribution in [0.4, 0.5) is 5.69 Å². The number of aromatic hydroxyl groups is 1. The lowest BCUT2D eigenvalue weighted by Gasteiger charge is -2.11. The average Bonchev–Trinajstić information content (AvgIpc) is 2.39. The van der Waals surface area contributed by atoms with E-state index in [9.17, 15) is 5.11 Å². The van der Waals surface area contributed by atoms with Crippen LogP contribution in [-0.4, -0.2) is 5.11 Å². The van der Waals surface area contributed by atoms with Gasteiger partial charge in [0.15, 0.2) is 5.75 Å². The highest BCUT2D eigenvalue weighted by molar-refractivity contribution is 14.1. The van der Waals surface area contributed by atoms with Crippen LogP contribution in [0.15, 0.2) is 36.4 Å². The second-order valence-electron chi connectivity index (χ2n) is 3.94. The highest BCUT2D eigenvalue weighted by Crippen LogP contribution is 2.30. The van der Waals surface area contributed by atoms with E-state index in [4.69, 9.17) is 15.7 Å². The number of phenols is 1. The molecule has 0 aliphatic heterocycles. The van der Waals surface area contributed by atoms with Gasteiger partial charge in [-0.05, 0) is 52.4 Å². The van der Waals surface area contributed by atoms with Gasteiger partial charge in [0, 0.05) is 0 Å². The summed E-state index contributed by atoms with van der Waals surface area (Å²) in [5.41, 5.74) is 7.75. The molecule has 0 fully saturated rings. The highest BCUT2D eigenvalue weighted by atomic mass is 127. The molecule has 19 heavy (non-hydrogen) atoms. The molecule has 0 saturated carbocycles. The molecule has 3 N–H and O–H groups in total. The van der Waals surface area contributed by atoms with E-state index in [0.717, 1.165) is 9.13 Å². The van der Waals surface area contributed by atoms with Gasteiger partial charge in [-0.15, -0.1) is 0 Å². The fraction of sp³-hybridized carbons (Fsp3) is 0.0714. The van der Waals surface area contributed by atoms with Crippen LogP contribution >= 0.6 is 22.6 Å². The molecular formula is C14H11IN2O2. The maximum absolute atomic E-state index is 9.20. The Balaban J connectivity index is 2.16. The first-order valence-corrected chi connectivity index (χ1v) is 6.58. The first kappa shape index (κ1) is 13.5. The molecule has 0 spiro atoms. The molecule has 96 valence electrons. The topological polar surface area (TPSA) is 79.3 Å².